The van der Waals surface area contributed by atoms with E-state index in [1.165, 1.54) is 0 Å². The topological polar surface area (TPSA) is 64.4 Å². The molecule has 1 aromatic rings. The lowest BCUT2D eigenvalue weighted by atomic mass is 10.1. The first-order valence-electron chi connectivity index (χ1n) is 6.42. The summed E-state index contributed by atoms with van der Waals surface area (Å²) in [5, 5.41) is 2.98. The smallest absolute Gasteiger partial charge is 0.251 e. The van der Waals surface area contributed by atoms with Gasteiger partial charge in [0.2, 0.25) is 0 Å². The van der Waals surface area contributed by atoms with Crippen molar-refractivity contribution in [1.29, 1.82) is 0 Å². The molecule has 1 aliphatic heterocycles. The molecule has 1 amide bonds. The van der Waals surface area contributed by atoms with Crippen molar-refractivity contribution in [2.24, 2.45) is 5.73 Å². The standard InChI is InChI=1S/C14H20N2O2/c1-10(13-6-3-7-18-13)16-14(17)12-5-2-4-11(8-12)9-15/h2,4-5,8,10,13H,3,6-7,9,15H2,1H3,(H,16,17). The van der Waals surface area contributed by atoms with E-state index in [4.69, 9.17) is 10.5 Å². The summed E-state index contributed by atoms with van der Waals surface area (Å²) in [4.78, 5) is 12.1. The van der Waals surface area contributed by atoms with Gasteiger partial charge < -0.3 is 15.8 Å². The second-order valence-electron chi connectivity index (χ2n) is 4.72. The van der Waals surface area contributed by atoms with Gasteiger partial charge in [-0.25, -0.2) is 0 Å². The highest BCUT2D eigenvalue weighted by Crippen LogP contribution is 2.16. The van der Waals surface area contributed by atoms with Gasteiger partial charge in [-0.1, -0.05) is 12.1 Å². The molecule has 2 rings (SSSR count). The predicted molar refractivity (Wildman–Crippen MR) is 70.2 cm³/mol. The molecule has 2 unspecified atom stereocenters. The lowest BCUT2D eigenvalue weighted by Crippen LogP contribution is -2.40. The summed E-state index contributed by atoms with van der Waals surface area (Å²) >= 11 is 0. The molecule has 0 aromatic heterocycles. The van der Waals surface area contributed by atoms with E-state index in [1.54, 1.807) is 6.07 Å². The van der Waals surface area contributed by atoms with Crippen molar-refractivity contribution in [2.75, 3.05) is 6.61 Å². The first kappa shape index (κ1) is 13.1. The second kappa shape index (κ2) is 5.98. The van der Waals surface area contributed by atoms with Crippen molar-refractivity contribution in [3.05, 3.63) is 35.4 Å². The van der Waals surface area contributed by atoms with E-state index in [0.29, 0.717) is 12.1 Å². The van der Waals surface area contributed by atoms with Crippen LogP contribution < -0.4 is 11.1 Å². The molecule has 0 bridgehead atoms. The lowest BCUT2D eigenvalue weighted by molar-refractivity contribution is 0.0712. The molecule has 0 spiro atoms. The number of hydrogen-bond donors (Lipinski definition) is 2. The number of amides is 1. The monoisotopic (exact) mass is 248 g/mol. The van der Waals surface area contributed by atoms with Gasteiger partial charge in [-0.15, -0.1) is 0 Å². The lowest BCUT2D eigenvalue weighted by Gasteiger charge is -2.20. The van der Waals surface area contributed by atoms with Gasteiger partial charge in [0.25, 0.3) is 5.91 Å². The minimum Gasteiger partial charge on any atom is -0.376 e. The Balaban J connectivity index is 1.97. The van der Waals surface area contributed by atoms with Crippen LogP contribution in [0.3, 0.4) is 0 Å². The van der Waals surface area contributed by atoms with Crippen molar-refractivity contribution >= 4 is 5.91 Å². The number of rotatable bonds is 4. The summed E-state index contributed by atoms with van der Waals surface area (Å²) in [7, 11) is 0. The minimum absolute atomic E-state index is 0.0431. The molecular weight excluding hydrogens is 228 g/mol. The largest absolute Gasteiger partial charge is 0.376 e. The first-order chi connectivity index (χ1) is 8.70. The molecule has 1 heterocycles. The van der Waals surface area contributed by atoms with Crippen LogP contribution in [0.2, 0.25) is 0 Å². The fourth-order valence-corrected chi connectivity index (χ4v) is 2.22. The van der Waals surface area contributed by atoms with Gasteiger partial charge in [0, 0.05) is 18.7 Å². The summed E-state index contributed by atoms with van der Waals surface area (Å²) in [6.07, 6.45) is 2.24. The quantitative estimate of drug-likeness (QED) is 0.847. The van der Waals surface area contributed by atoms with Crippen molar-refractivity contribution in [1.82, 2.24) is 5.32 Å². The van der Waals surface area contributed by atoms with Crippen LogP contribution >= 0.6 is 0 Å². The van der Waals surface area contributed by atoms with Gasteiger partial charge in [-0.05, 0) is 37.5 Å². The van der Waals surface area contributed by atoms with Crippen molar-refractivity contribution in [3.8, 4) is 0 Å². The maximum Gasteiger partial charge on any atom is 0.251 e. The Morgan fingerprint density at radius 1 is 1.61 bits per heavy atom. The fraction of sp³-hybridized carbons (Fsp3) is 0.500. The SMILES string of the molecule is CC(NC(=O)c1cccc(CN)c1)C1CCCO1. The van der Waals surface area contributed by atoms with Crippen molar-refractivity contribution in [2.45, 2.75) is 38.5 Å². The van der Waals surface area contributed by atoms with Crippen LogP contribution in [0, 0.1) is 0 Å². The highest BCUT2D eigenvalue weighted by atomic mass is 16.5. The molecule has 1 aromatic carbocycles. The van der Waals surface area contributed by atoms with Crippen LogP contribution in [-0.4, -0.2) is 24.7 Å². The average Bonchev–Trinajstić information content (AvgIpc) is 2.92. The summed E-state index contributed by atoms with van der Waals surface area (Å²) in [5.41, 5.74) is 7.19. The van der Waals surface area contributed by atoms with Crippen LogP contribution in [0.4, 0.5) is 0 Å². The van der Waals surface area contributed by atoms with Crippen LogP contribution in [0.25, 0.3) is 0 Å². The van der Waals surface area contributed by atoms with E-state index in [1.807, 2.05) is 25.1 Å². The number of benzene rings is 1. The van der Waals surface area contributed by atoms with Gasteiger partial charge in [0.05, 0.1) is 12.1 Å². The van der Waals surface area contributed by atoms with E-state index in [0.717, 1.165) is 25.0 Å². The Morgan fingerprint density at radius 3 is 3.11 bits per heavy atom. The van der Waals surface area contributed by atoms with Gasteiger partial charge in [-0.3, -0.25) is 4.79 Å². The van der Waals surface area contributed by atoms with Crippen LogP contribution in [0.1, 0.15) is 35.7 Å². The van der Waals surface area contributed by atoms with E-state index in [9.17, 15) is 4.79 Å². The van der Waals surface area contributed by atoms with E-state index in [2.05, 4.69) is 5.32 Å². The molecule has 4 nitrogen and oxygen atoms in total. The van der Waals surface area contributed by atoms with Crippen molar-refractivity contribution < 1.29 is 9.53 Å². The number of carbonyl (C=O) groups excluding carboxylic acids is 1. The molecule has 98 valence electrons. The van der Waals surface area contributed by atoms with Crippen LogP contribution in [-0.2, 0) is 11.3 Å². The average molecular weight is 248 g/mol. The van der Waals surface area contributed by atoms with Crippen LogP contribution in [0.15, 0.2) is 24.3 Å². The molecule has 4 heteroatoms. The molecule has 0 radical (unpaired) electrons. The molecule has 3 N–H and O–H groups in total. The van der Waals surface area contributed by atoms with Gasteiger partial charge in [0.1, 0.15) is 0 Å². The molecule has 1 fully saturated rings. The Hall–Kier alpha value is -1.39. The number of carbonyl (C=O) groups is 1. The zero-order chi connectivity index (χ0) is 13.0. The van der Waals surface area contributed by atoms with Crippen molar-refractivity contribution in [3.63, 3.8) is 0 Å². The fourth-order valence-electron chi connectivity index (χ4n) is 2.22. The maximum atomic E-state index is 12.1. The third-order valence-electron chi connectivity index (χ3n) is 3.31. The molecule has 0 saturated carbocycles. The molecular formula is C14H20N2O2. The normalized spacial score (nSPS) is 20.7. The third kappa shape index (κ3) is 3.09. The Kier molecular flexibility index (Phi) is 4.33. The summed E-state index contributed by atoms with van der Waals surface area (Å²) in [6, 6.07) is 7.45. The highest BCUT2D eigenvalue weighted by molar-refractivity contribution is 5.94. The van der Waals surface area contributed by atoms with Gasteiger partial charge in [-0.2, -0.15) is 0 Å². The summed E-state index contributed by atoms with van der Waals surface area (Å²) in [6.45, 7) is 3.23. The summed E-state index contributed by atoms with van der Waals surface area (Å²) in [5.74, 6) is -0.0618. The zero-order valence-corrected chi connectivity index (χ0v) is 10.7. The van der Waals surface area contributed by atoms with Gasteiger partial charge in [0.15, 0.2) is 0 Å². The predicted octanol–water partition coefficient (Wildman–Crippen LogP) is 1.44. The number of nitrogens with two attached hydrogens (primary N) is 1. The van der Waals surface area contributed by atoms with E-state index in [-0.39, 0.29) is 18.1 Å². The summed E-state index contributed by atoms with van der Waals surface area (Å²) < 4.78 is 5.56. The first-order valence-corrected chi connectivity index (χ1v) is 6.42. The highest BCUT2D eigenvalue weighted by Gasteiger charge is 2.23. The molecule has 18 heavy (non-hydrogen) atoms. The number of ether oxygens (including phenoxy) is 1. The Bertz CT molecular complexity index is 414. The molecule has 1 aliphatic rings. The maximum absolute atomic E-state index is 12.1. The molecule has 0 aliphatic carbocycles. The minimum atomic E-state index is -0.0618. The molecule has 1 saturated heterocycles. The number of hydrogen-bond acceptors (Lipinski definition) is 3. The zero-order valence-electron chi connectivity index (χ0n) is 10.7. The second-order valence-corrected chi connectivity index (χ2v) is 4.72. The van der Waals surface area contributed by atoms with E-state index >= 15 is 0 Å². The molecule has 2 atom stereocenters. The van der Waals surface area contributed by atoms with Crippen LogP contribution in [0.5, 0.6) is 0 Å². The van der Waals surface area contributed by atoms with Gasteiger partial charge >= 0.3 is 0 Å². The van der Waals surface area contributed by atoms with E-state index < -0.39 is 0 Å². The third-order valence-corrected chi connectivity index (χ3v) is 3.31. The Morgan fingerprint density at radius 2 is 2.44 bits per heavy atom. The number of nitrogens with one attached hydrogen (secondary N) is 1. The Labute approximate surface area is 108 Å².